The molecule has 0 bridgehead atoms. The quantitative estimate of drug-likeness (QED) is 0.256. The minimum absolute atomic E-state index is 0. The standard InChI is InChI=1S/C26H31Cl2N2O2.HI/c1-16(2)21-10-9-17(3)11-24(21)32-25(31)15-30-23-8-6-5-7-22(23)29(4)26(30)18-12-19(27)14-20(28)13-18;/h5-8,12-14,16-17,21,24H,9-11,15H2,1-4H3;1H/q+1;/p-1/t17-,21+,24?;/m1./s1. The number of hydrogen-bond donors (Lipinski definition) is 0. The molecule has 178 valence electrons. The molecule has 1 aliphatic carbocycles. The number of rotatable bonds is 5. The van der Waals surface area contributed by atoms with Crippen molar-refractivity contribution in [3.05, 3.63) is 52.5 Å². The number of aromatic nitrogens is 2. The monoisotopic (exact) mass is 600 g/mol. The Morgan fingerprint density at radius 1 is 1.15 bits per heavy atom. The van der Waals surface area contributed by atoms with Crippen LogP contribution in [-0.4, -0.2) is 16.6 Å². The highest BCUT2D eigenvalue weighted by Crippen LogP contribution is 2.36. The topological polar surface area (TPSA) is 35.1 Å². The Hall–Kier alpha value is -1.31. The maximum absolute atomic E-state index is 13.2. The Labute approximate surface area is 223 Å². The van der Waals surface area contributed by atoms with E-state index in [0.29, 0.717) is 27.8 Å². The van der Waals surface area contributed by atoms with Gasteiger partial charge in [-0.05, 0) is 60.9 Å². The predicted molar refractivity (Wildman–Crippen MR) is 130 cm³/mol. The van der Waals surface area contributed by atoms with Crippen molar-refractivity contribution in [3.63, 3.8) is 0 Å². The first-order valence-electron chi connectivity index (χ1n) is 11.4. The number of benzene rings is 2. The number of esters is 1. The molecule has 1 fully saturated rings. The average Bonchev–Trinajstić information content (AvgIpc) is 2.99. The Kier molecular flexibility index (Phi) is 8.73. The van der Waals surface area contributed by atoms with Gasteiger partial charge in [-0.15, -0.1) is 0 Å². The summed E-state index contributed by atoms with van der Waals surface area (Å²) in [6, 6.07) is 13.5. The Morgan fingerprint density at radius 2 is 1.82 bits per heavy atom. The molecule has 2 aromatic carbocycles. The first-order chi connectivity index (χ1) is 15.2. The largest absolute Gasteiger partial charge is 1.00 e. The molecule has 0 radical (unpaired) electrons. The molecular weight excluding hydrogens is 570 g/mol. The lowest BCUT2D eigenvalue weighted by atomic mass is 9.75. The maximum atomic E-state index is 13.2. The summed E-state index contributed by atoms with van der Waals surface area (Å²) in [7, 11) is 1.99. The van der Waals surface area contributed by atoms with Gasteiger partial charge in [-0.3, -0.25) is 0 Å². The molecule has 3 atom stereocenters. The lowest BCUT2D eigenvalue weighted by Crippen LogP contribution is -3.00. The summed E-state index contributed by atoms with van der Waals surface area (Å²) in [5.41, 5.74) is 2.86. The summed E-state index contributed by atoms with van der Waals surface area (Å²) in [4.78, 5) is 13.2. The van der Waals surface area contributed by atoms with Gasteiger partial charge < -0.3 is 28.7 Å². The normalized spacial score (nSPS) is 20.6. The van der Waals surface area contributed by atoms with Crippen LogP contribution in [0.1, 0.15) is 40.0 Å². The van der Waals surface area contributed by atoms with Gasteiger partial charge in [-0.2, -0.15) is 0 Å². The van der Waals surface area contributed by atoms with Gasteiger partial charge in [-0.1, -0.05) is 62.5 Å². The van der Waals surface area contributed by atoms with Gasteiger partial charge in [0, 0.05) is 10.0 Å². The van der Waals surface area contributed by atoms with Gasteiger partial charge in [0.25, 0.3) is 5.82 Å². The second kappa shape index (κ2) is 11.0. The Morgan fingerprint density at radius 3 is 2.48 bits per heavy atom. The van der Waals surface area contributed by atoms with Gasteiger partial charge in [0.1, 0.15) is 6.10 Å². The summed E-state index contributed by atoms with van der Waals surface area (Å²) < 4.78 is 10.2. The number of fused-ring (bicyclic) bond motifs is 1. The van der Waals surface area contributed by atoms with Crippen LogP contribution in [0, 0.1) is 17.8 Å². The smallest absolute Gasteiger partial charge is 0.348 e. The molecule has 4 rings (SSSR count). The van der Waals surface area contributed by atoms with E-state index in [9.17, 15) is 4.79 Å². The van der Waals surface area contributed by atoms with Crippen LogP contribution in [0.15, 0.2) is 42.5 Å². The molecule has 1 aliphatic rings. The van der Waals surface area contributed by atoms with E-state index in [1.165, 1.54) is 6.42 Å². The van der Waals surface area contributed by atoms with Crippen molar-refractivity contribution < 1.29 is 38.1 Å². The number of nitrogens with zero attached hydrogens (tertiary/aromatic N) is 2. The van der Waals surface area contributed by atoms with Crippen LogP contribution in [0.4, 0.5) is 0 Å². The first-order valence-corrected chi connectivity index (χ1v) is 12.1. The molecule has 0 amide bonds. The average molecular weight is 601 g/mol. The van der Waals surface area contributed by atoms with E-state index >= 15 is 0 Å². The van der Waals surface area contributed by atoms with E-state index in [0.717, 1.165) is 35.3 Å². The molecule has 1 aromatic heterocycles. The fourth-order valence-corrected chi connectivity index (χ4v) is 5.69. The highest BCUT2D eigenvalue weighted by Gasteiger charge is 2.34. The first kappa shape index (κ1) is 26.3. The highest BCUT2D eigenvalue weighted by molar-refractivity contribution is 6.35. The number of para-hydroxylation sites is 2. The zero-order chi connectivity index (χ0) is 23.0. The number of hydrogen-bond acceptors (Lipinski definition) is 2. The number of imidazole rings is 1. The fraction of sp³-hybridized carbons (Fsp3) is 0.462. The molecule has 3 aromatic rings. The van der Waals surface area contributed by atoms with Crippen molar-refractivity contribution >= 4 is 40.2 Å². The molecule has 1 heterocycles. The fourth-order valence-electron chi connectivity index (χ4n) is 5.16. The minimum atomic E-state index is -0.203. The number of aryl methyl sites for hydroxylation is 1. The van der Waals surface area contributed by atoms with Gasteiger partial charge in [0.15, 0.2) is 17.6 Å². The molecule has 7 heteroatoms. The van der Waals surface area contributed by atoms with E-state index in [1.54, 1.807) is 6.07 Å². The molecule has 4 nitrogen and oxygen atoms in total. The third-order valence-electron chi connectivity index (χ3n) is 6.76. The van der Waals surface area contributed by atoms with Gasteiger partial charge in [0.2, 0.25) is 0 Å². The summed E-state index contributed by atoms with van der Waals surface area (Å²) in [6.07, 6.45) is 3.23. The summed E-state index contributed by atoms with van der Waals surface area (Å²) in [5.74, 6) is 2.15. The van der Waals surface area contributed by atoms with Crippen molar-refractivity contribution in [2.75, 3.05) is 0 Å². The van der Waals surface area contributed by atoms with E-state index in [-0.39, 0.29) is 42.6 Å². The Balaban J connectivity index is 0.00000306. The second-order valence-electron chi connectivity index (χ2n) is 9.47. The minimum Gasteiger partial charge on any atom is -1.00 e. The van der Waals surface area contributed by atoms with Crippen LogP contribution in [-0.2, 0) is 23.1 Å². The third kappa shape index (κ3) is 5.68. The maximum Gasteiger partial charge on any atom is 0.348 e. The molecule has 0 spiro atoms. The van der Waals surface area contributed by atoms with Crippen molar-refractivity contribution in [2.45, 2.75) is 52.7 Å². The number of ether oxygens (including phenoxy) is 1. The van der Waals surface area contributed by atoms with Crippen molar-refractivity contribution in [2.24, 2.45) is 24.8 Å². The predicted octanol–water partition coefficient (Wildman–Crippen LogP) is 3.45. The lowest BCUT2D eigenvalue weighted by molar-refractivity contribution is -0.634. The Bertz CT molecular complexity index is 1120. The number of carbonyl (C=O) groups excluding carboxylic acids is 1. The van der Waals surface area contributed by atoms with E-state index < -0.39 is 0 Å². The zero-order valence-electron chi connectivity index (χ0n) is 19.5. The van der Waals surface area contributed by atoms with Crippen molar-refractivity contribution in [3.8, 4) is 11.4 Å². The number of halogens is 3. The molecule has 1 saturated carbocycles. The van der Waals surface area contributed by atoms with Crippen LogP contribution < -0.4 is 28.5 Å². The highest BCUT2D eigenvalue weighted by atomic mass is 127. The third-order valence-corrected chi connectivity index (χ3v) is 7.20. The zero-order valence-corrected chi connectivity index (χ0v) is 23.2. The molecule has 33 heavy (non-hydrogen) atoms. The van der Waals surface area contributed by atoms with Crippen molar-refractivity contribution in [1.29, 1.82) is 0 Å². The van der Waals surface area contributed by atoms with E-state index in [1.807, 2.05) is 48.0 Å². The SMILES string of the molecule is CC(C)[C@@H]1CC[C@@H](C)CC1OC(=O)Cn1c(-c2cc(Cl)cc(Cl)c2)[n+](C)c2ccccc21.[I-]. The van der Waals surface area contributed by atoms with Gasteiger partial charge in [0.05, 0.1) is 12.6 Å². The molecule has 0 aliphatic heterocycles. The van der Waals surface area contributed by atoms with Crippen LogP contribution in [0.2, 0.25) is 10.0 Å². The van der Waals surface area contributed by atoms with Crippen LogP contribution in [0.5, 0.6) is 0 Å². The summed E-state index contributed by atoms with van der Waals surface area (Å²) in [5, 5.41) is 1.12. The molecule has 0 N–H and O–H groups in total. The molecule has 0 saturated heterocycles. The van der Waals surface area contributed by atoms with E-state index in [2.05, 4.69) is 25.3 Å². The lowest BCUT2D eigenvalue weighted by Gasteiger charge is -2.36. The van der Waals surface area contributed by atoms with Crippen molar-refractivity contribution in [1.82, 2.24) is 4.57 Å². The van der Waals surface area contributed by atoms with Crippen LogP contribution >= 0.6 is 23.2 Å². The number of carbonyl (C=O) groups is 1. The molecule has 1 unspecified atom stereocenters. The van der Waals surface area contributed by atoms with Crippen LogP contribution in [0.25, 0.3) is 22.4 Å². The van der Waals surface area contributed by atoms with E-state index in [4.69, 9.17) is 27.9 Å². The van der Waals surface area contributed by atoms with Crippen LogP contribution in [0.3, 0.4) is 0 Å². The summed E-state index contributed by atoms with van der Waals surface area (Å²) >= 11 is 12.6. The molecular formula is C26H31Cl2IN2O2. The van der Waals surface area contributed by atoms with Gasteiger partial charge >= 0.3 is 5.97 Å². The second-order valence-corrected chi connectivity index (χ2v) is 10.3. The van der Waals surface area contributed by atoms with Gasteiger partial charge in [-0.25, -0.2) is 13.9 Å². The summed E-state index contributed by atoms with van der Waals surface area (Å²) in [6.45, 7) is 6.83.